The maximum absolute atomic E-state index is 9.39. The standard InChI is InChI=1S/C42H26O/c1-2-11-27(12-3-1)30-23-24-36-39(26-30)43-38-20-10-19-37(42(36)38)41-34-17-8-6-15-32(34)40(33-16-7-9-18-35(33)41)31-22-21-28-13-4-5-14-29(28)25-31/h1-26H/i1D,2D,3D,10D,11D,12D,19D,20D,23D,24D,26D. The van der Waals surface area contributed by atoms with Gasteiger partial charge < -0.3 is 4.42 Å². The Hall–Kier alpha value is -5.66. The van der Waals surface area contributed by atoms with Gasteiger partial charge >= 0.3 is 0 Å². The summed E-state index contributed by atoms with van der Waals surface area (Å²) in [4.78, 5) is 0. The monoisotopic (exact) mass is 557 g/mol. The van der Waals surface area contributed by atoms with Crippen LogP contribution >= 0.6 is 0 Å². The highest BCUT2D eigenvalue weighted by molar-refractivity contribution is 6.25. The lowest BCUT2D eigenvalue weighted by Gasteiger charge is -2.18. The molecular weight excluding hydrogens is 520 g/mol. The van der Waals surface area contributed by atoms with Crippen LogP contribution in [0.2, 0.25) is 0 Å². The Balaban J connectivity index is 1.45. The number of rotatable bonds is 3. The van der Waals surface area contributed by atoms with Crippen molar-refractivity contribution in [3.8, 4) is 33.4 Å². The van der Waals surface area contributed by atoms with E-state index >= 15 is 0 Å². The lowest BCUT2D eigenvalue weighted by Crippen LogP contribution is -1.91. The maximum Gasteiger partial charge on any atom is 0.136 e. The van der Waals surface area contributed by atoms with Crippen molar-refractivity contribution in [3.05, 3.63) is 157 Å². The number of hydrogen-bond donors (Lipinski definition) is 0. The van der Waals surface area contributed by atoms with E-state index in [2.05, 4.69) is 30.3 Å². The Bertz CT molecular complexity index is 3040. The Kier molecular flexibility index (Phi) is 3.41. The Morgan fingerprint density at radius 2 is 1.12 bits per heavy atom. The van der Waals surface area contributed by atoms with Crippen molar-refractivity contribution in [1.82, 2.24) is 0 Å². The second-order valence-electron chi connectivity index (χ2n) is 10.4. The average Bonchev–Trinajstić information content (AvgIpc) is 3.59. The minimum absolute atomic E-state index is 0.0418. The summed E-state index contributed by atoms with van der Waals surface area (Å²) in [5.41, 5.74) is 1.48. The van der Waals surface area contributed by atoms with Crippen LogP contribution in [0.15, 0.2) is 162 Å². The molecule has 9 aromatic rings. The molecule has 0 unspecified atom stereocenters. The molecule has 0 aliphatic carbocycles. The third-order valence-corrected chi connectivity index (χ3v) is 8.04. The first-order valence-corrected chi connectivity index (χ1v) is 13.9. The van der Waals surface area contributed by atoms with E-state index in [0.29, 0.717) is 5.56 Å². The van der Waals surface area contributed by atoms with Crippen molar-refractivity contribution in [3.63, 3.8) is 0 Å². The summed E-state index contributed by atoms with van der Waals surface area (Å²) >= 11 is 0. The molecule has 43 heavy (non-hydrogen) atoms. The minimum atomic E-state index is -0.652. The fourth-order valence-electron chi connectivity index (χ4n) is 6.19. The van der Waals surface area contributed by atoms with Gasteiger partial charge in [0.05, 0.1) is 15.1 Å². The van der Waals surface area contributed by atoms with E-state index in [9.17, 15) is 4.11 Å². The number of hydrogen-bond acceptors (Lipinski definition) is 1. The van der Waals surface area contributed by atoms with Gasteiger partial charge in [-0.15, -0.1) is 0 Å². The normalized spacial score (nSPS) is 15.3. The molecule has 1 aromatic heterocycles. The molecule has 0 fully saturated rings. The van der Waals surface area contributed by atoms with Crippen molar-refractivity contribution in [2.24, 2.45) is 0 Å². The van der Waals surface area contributed by atoms with Crippen molar-refractivity contribution < 1.29 is 19.5 Å². The van der Waals surface area contributed by atoms with Crippen LogP contribution in [-0.2, 0) is 0 Å². The van der Waals surface area contributed by atoms with Gasteiger partial charge in [0.25, 0.3) is 0 Å². The molecule has 0 aliphatic rings. The molecule has 0 aliphatic heterocycles. The molecular formula is C42H26O. The highest BCUT2D eigenvalue weighted by Crippen LogP contribution is 2.47. The van der Waals surface area contributed by atoms with Crippen LogP contribution in [0.5, 0.6) is 0 Å². The minimum Gasteiger partial charge on any atom is -0.456 e. The van der Waals surface area contributed by atoms with Crippen LogP contribution in [0.3, 0.4) is 0 Å². The van der Waals surface area contributed by atoms with Crippen LogP contribution in [0.4, 0.5) is 0 Å². The zero-order chi connectivity index (χ0) is 37.9. The Morgan fingerprint density at radius 1 is 0.442 bits per heavy atom. The maximum atomic E-state index is 9.39. The van der Waals surface area contributed by atoms with Gasteiger partial charge in [-0.3, -0.25) is 0 Å². The van der Waals surface area contributed by atoms with Gasteiger partial charge in [-0.25, -0.2) is 0 Å². The van der Waals surface area contributed by atoms with Crippen LogP contribution in [-0.4, -0.2) is 0 Å². The molecule has 0 amide bonds. The predicted octanol–water partition coefficient (Wildman–Crippen LogP) is 12.0. The third-order valence-electron chi connectivity index (χ3n) is 8.04. The van der Waals surface area contributed by atoms with Gasteiger partial charge in [0, 0.05) is 10.8 Å². The summed E-state index contributed by atoms with van der Waals surface area (Å²) < 4.78 is 103. The first kappa shape index (κ1) is 15.5. The van der Waals surface area contributed by atoms with Gasteiger partial charge in [-0.1, -0.05) is 133 Å². The predicted molar refractivity (Wildman–Crippen MR) is 183 cm³/mol. The van der Waals surface area contributed by atoms with E-state index in [1.807, 2.05) is 60.7 Å². The molecule has 200 valence electrons. The van der Waals surface area contributed by atoms with Crippen molar-refractivity contribution in [1.29, 1.82) is 0 Å². The van der Waals surface area contributed by atoms with E-state index < -0.39 is 66.0 Å². The van der Waals surface area contributed by atoms with Crippen LogP contribution in [0.1, 0.15) is 15.1 Å². The van der Waals surface area contributed by atoms with Crippen molar-refractivity contribution in [2.45, 2.75) is 0 Å². The fourth-order valence-corrected chi connectivity index (χ4v) is 6.19. The zero-order valence-corrected chi connectivity index (χ0v) is 22.6. The van der Waals surface area contributed by atoms with Crippen molar-refractivity contribution >= 4 is 54.3 Å². The quantitative estimate of drug-likeness (QED) is 0.197. The first-order chi connectivity index (χ1) is 25.9. The molecule has 1 nitrogen and oxygen atoms in total. The molecule has 0 N–H and O–H groups in total. The molecule has 8 aromatic carbocycles. The van der Waals surface area contributed by atoms with Crippen LogP contribution in [0, 0.1) is 0 Å². The molecule has 0 bridgehead atoms. The van der Waals surface area contributed by atoms with E-state index in [0.717, 1.165) is 43.4 Å². The van der Waals surface area contributed by atoms with Crippen LogP contribution < -0.4 is 0 Å². The fraction of sp³-hybridized carbons (Fsp3) is 0. The summed E-state index contributed by atoms with van der Waals surface area (Å²) in [6, 6.07) is 24.0. The van der Waals surface area contributed by atoms with Gasteiger partial charge in [0.1, 0.15) is 11.2 Å². The summed E-state index contributed by atoms with van der Waals surface area (Å²) in [6.45, 7) is 0. The highest BCUT2D eigenvalue weighted by atomic mass is 16.3. The third kappa shape index (κ3) is 3.72. The van der Waals surface area contributed by atoms with E-state index in [-0.39, 0.29) is 39.1 Å². The SMILES string of the molecule is [2H]c1c([2H])c([2H])c(-c2c([2H])c([2H])c3c(oc4c([2H])c([2H])c([2H])c(-c5c6ccccc6c(-c6ccc7ccccc7c6)c6ccccc56)c43)c2[2H])c([2H])c1[2H]. The Morgan fingerprint density at radius 3 is 1.86 bits per heavy atom. The number of benzene rings is 8. The zero-order valence-electron chi connectivity index (χ0n) is 33.6. The molecule has 0 atom stereocenters. The summed E-state index contributed by atoms with van der Waals surface area (Å²) in [5, 5.41) is 5.44. The lowest BCUT2D eigenvalue weighted by molar-refractivity contribution is 0.669. The second kappa shape index (κ2) is 9.44. The highest BCUT2D eigenvalue weighted by Gasteiger charge is 2.20. The second-order valence-corrected chi connectivity index (χ2v) is 10.4. The smallest absolute Gasteiger partial charge is 0.136 e. The van der Waals surface area contributed by atoms with Gasteiger partial charge in [0.15, 0.2) is 0 Å². The molecule has 1 heteroatoms. The van der Waals surface area contributed by atoms with Gasteiger partial charge in [-0.2, -0.15) is 0 Å². The molecule has 0 spiro atoms. The molecule has 0 radical (unpaired) electrons. The number of furan rings is 1. The molecule has 9 rings (SSSR count). The van der Waals surface area contributed by atoms with Gasteiger partial charge in [0.2, 0.25) is 0 Å². The largest absolute Gasteiger partial charge is 0.456 e. The molecule has 1 heterocycles. The topological polar surface area (TPSA) is 13.1 Å². The van der Waals surface area contributed by atoms with Gasteiger partial charge in [-0.05, 0) is 89.9 Å². The summed E-state index contributed by atoms with van der Waals surface area (Å²) in [5.74, 6) is 0. The van der Waals surface area contributed by atoms with E-state index in [4.69, 9.17) is 15.4 Å². The summed E-state index contributed by atoms with van der Waals surface area (Å²) in [6.07, 6.45) is 0. The van der Waals surface area contributed by atoms with E-state index in [1.54, 1.807) is 0 Å². The molecule has 0 saturated carbocycles. The average molecular weight is 558 g/mol. The lowest BCUT2D eigenvalue weighted by atomic mass is 9.84. The molecule has 0 saturated heterocycles. The van der Waals surface area contributed by atoms with E-state index in [1.165, 1.54) is 0 Å². The van der Waals surface area contributed by atoms with Crippen LogP contribution in [0.25, 0.3) is 87.6 Å². The summed E-state index contributed by atoms with van der Waals surface area (Å²) in [7, 11) is 0. The van der Waals surface area contributed by atoms with Crippen molar-refractivity contribution in [2.75, 3.05) is 0 Å². The Labute approximate surface area is 264 Å². The first-order valence-electron chi connectivity index (χ1n) is 19.4. The number of fused-ring (bicyclic) bond motifs is 6.